The molecule has 1 aliphatic carbocycles. The first-order valence-corrected chi connectivity index (χ1v) is 4.95. The maximum Gasteiger partial charge on any atom is 0.316 e. The Kier molecular flexibility index (Phi) is 2.41. The van der Waals surface area contributed by atoms with Crippen LogP contribution in [0.2, 0.25) is 0 Å². The lowest BCUT2D eigenvalue weighted by molar-refractivity contribution is 0.354. The van der Waals surface area contributed by atoms with Gasteiger partial charge in [-0.1, -0.05) is 5.10 Å². The molecule has 0 aliphatic heterocycles. The predicted molar refractivity (Wildman–Crippen MR) is 52.2 cm³/mol. The van der Waals surface area contributed by atoms with Crippen molar-refractivity contribution < 1.29 is 4.74 Å². The maximum absolute atomic E-state index is 5.74. The van der Waals surface area contributed by atoms with Crippen LogP contribution in [0.5, 0.6) is 6.01 Å². The van der Waals surface area contributed by atoms with Crippen molar-refractivity contribution in [1.82, 2.24) is 14.8 Å². The van der Waals surface area contributed by atoms with Crippen LogP contribution in [0.15, 0.2) is 0 Å². The summed E-state index contributed by atoms with van der Waals surface area (Å²) in [6.07, 6.45) is 3.15. The van der Waals surface area contributed by atoms with Gasteiger partial charge in [-0.05, 0) is 19.8 Å². The van der Waals surface area contributed by atoms with E-state index in [1.54, 1.807) is 7.11 Å². The third kappa shape index (κ3) is 1.72. The van der Waals surface area contributed by atoms with Crippen LogP contribution in [0.4, 0.5) is 0 Å². The fourth-order valence-corrected chi connectivity index (χ4v) is 1.57. The Morgan fingerprint density at radius 2 is 2.29 bits per heavy atom. The quantitative estimate of drug-likeness (QED) is 0.762. The Morgan fingerprint density at radius 1 is 1.57 bits per heavy atom. The van der Waals surface area contributed by atoms with Gasteiger partial charge in [0, 0.05) is 18.5 Å². The summed E-state index contributed by atoms with van der Waals surface area (Å²) in [5, 5.41) is 8.08. The molecule has 0 spiro atoms. The van der Waals surface area contributed by atoms with E-state index in [9.17, 15) is 0 Å². The molecule has 0 aromatic carbocycles. The van der Waals surface area contributed by atoms with E-state index in [-0.39, 0.29) is 6.04 Å². The predicted octanol–water partition coefficient (Wildman–Crippen LogP) is 0.511. The van der Waals surface area contributed by atoms with E-state index < -0.39 is 0 Å². The Morgan fingerprint density at radius 3 is 2.79 bits per heavy atom. The number of methoxy groups -OCH3 is 1. The van der Waals surface area contributed by atoms with Gasteiger partial charge in [0.2, 0.25) is 0 Å². The zero-order valence-electron chi connectivity index (χ0n) is 8.60. The zero-order chi connectivity index (χ0) is 10.1. The van der Waals surface area contributed by atoms with Crippen LogP contribution in [0.3, 0.4) is 0 Å². The number of hydrogen-bond donors (Lipinski definition) is 1. The summed E-state index contributed by atoms with van der Waals surface area (Å²) in [6, 6.07) is 1.26. The van der Waals surface area contributed by atoms with Gasteiger partial charge in [0.15, 0.2) is 0 Å². The molecule has 1 aliphatic rings. The van der Waals surface area contributed by atoms with Crippen LogP contribution in [0.1, 0.15) is 31.6 Å². The summed E-state index contributed by atoms with van der Waals surface area (Å²) in [5.41, 5.74) is 5.74. The number of nitrogens with two attached hydrogens (primary N) is 1. The fourth-order valence-electron chi connectivity index (χ4n) is 1.57. The van der Waals surface area contributed by atoms with Gasteiger partial charge in [0.05, 0.1) is 7.11 Å². The summed E-state index contributed by atoms with van der Waals surface area (Å²) in [5.74, 6) is 0.944. The van der Waals surface area contributed by atoms with Gasteiger partial charge in [0.1, 0.15) is 5.82 Å². The van der Waals surface area contributed by atoms with Gasteiger partial charge >= 0.3 is 6.01 Å². The van der Waals surface area contributed by atoms with E-state index in [1.165, 1.54) is 12.8 Å². The van der Waals surface area contributed by atoms with Crippen molar-refractivity contribution in [3.63, 3.8) is 0 Å². The van der Waals surface area contributed by atoms with E-state index >= 15 is 0 Å². The van der Waals surface area contributed by atoms with Crippen molar-refractivity contribution in [2.24, 2.45) is 5.73 Å². The molecule has 1 saturated carbocycles. The molecule has 1 heterocycles. The molecule has 0 amide bonds. The first kappa shape index (κ1) is 9.45. The molecule has 14 heavy (non-hydrogen) atoms. The fraction of sp³-hybridized carbons (Fsp3) is 0.778. The highest BCUT2D eigenvalue weighted by atomic mass is 16.5. The lowest BCUT2D eigenvalue weighted by Crippen LogP contribution is -2.20. The molecule has 1 aromatic rings. The SMILES string of the molecule is COc1nnc(CC(C)N)n1C1CC1. The molecule has 1 fully saturated rings. The number of rotatable bonds is 4. The van der Waals surface area contributed by atoms with Gasteiger partial charge in [0.25, 0.3) is 0 Å². The zero-order valence-corrected chi connectivity index (χ0v) is 8.60. The van der Waals surface area contributed by atoms with E-state index in [0.717, 1.165) is 12.2 Å². The molecular weight excluding hydrogens is 180 g/mol. The molecule has 0 radical (unpaired) electrons. The van der Waals surface area contributed by atoms with Crippen LogP contribution in [-0.4, -0.2) is 27.9 Å². The standard InChI is InChI=1S/C9H16N4O/c1-6(10)5-8-11-12-9(14-2)13(8)7-3-4-7/h6-7H,3-5,10H2,1-2H3. The van der Waals surface area contributed by atoms with Crippen molar-refractivity contribution in [2.75, 3.05) is 7.11 Å². The van der Waals surface area contributed by atoms with Gasteiger partial charge in [-0.25, -0.2) is 0 Å². The van der Waals surface area contributed by atoms with Crippen molar-refractivity contribution in [2.45, 2.75) is 38.3 Å². The molecule has 78 valence electrons. The van der Waals surface area contributed by atoms with Gasteiger partial charge in [-0.3, -0.25) is 4.57 Å². The minimum Gasteiger partial charge on any atom is -0.467 e. The molecule has 0 bridgehead atoms. The van der Waals surface area contributed by atoms with Crippen molar-refractivity contribution in [1.29, 1.82) is 0 Å². The maximum atomic E-state index is 5.74. The van der Waals surface area contributed by atoms with Crippen molar-refractivity contribution >= 4 is 0 Å². The second kappa shape index (κ2) is 3.57. The molecule has 2 N–H and O–H groups in total. The topological polar surface area (TPSA) is 66.0 Å². The van der Waals surface area contributed by atoms with Crippen LogP contribution in [-0.2, 0) is 6.42 Å². The van der Waals surface area contributed by atoms with E-state index in [1.807, 2.05) is 6.92 Å². The molecular formula is C9H16N4O. The molecule has 2 rings (SSSR count). The highest BCUT2D eigenvalue weighted by molar-refractivity contribution is 5.07. The molecule has 1 aromatic heterocycles. The first-order chi connectivity index (χ1) is 6.72. The van der Waals surface area contributed by atoms with E-state index in [4.69, 9.17) is 10.5 Å². The Bertz CT molecular complexity index is 317. The molecule has 5 nitrogen and oxygen atoms in total. The highest BCUT2D eigenvalue weighted by Crippen LogP contribution is 2.38. The van der Waals surface area contributed by atoms with Crippen molar-refractivity contribution in [3.05, 3.63) is 5.82 Å². The van der Waals surface area contributed by atoms with E-state index in [0.29, 0.717) is 12.1 Å². The second-order valence-electron chi connectivity index (χ2n) is 3.89. The third-order valence-corrected chi connectivity index (χ3v) is 2.33. The highest BCUT2D eigenvalue weighted by Gasteiger charge is 2.30. The number of hydrogen-bond acceptors (Lipinski definition) is 4. The Labute approximate surface area is 83.3 Å². The van der Waals surface area contributed by atoms with Gasteiger partial charge in [-0.2, -0.15) is 0 Å². The molecule has 1 atom stereocenters. The number of nitrogens with zero attached hydrogens (tertiary/aromatic N) is 3. The lowest BCUT2D eigenvalue weighted by atomic mass is 10.2. The minimum atomic E-state index is 0.112. The summed E-state index contributed by atoms with van der Waals surface area (Å²) in [4.78, 5) is 0. The first-order valence-electron chi connectivity index (χ1n) is 4.95. The third-order valence-electron chi connectivity index (χ3n) is 2.33. The normalized spacial score (nSPS) is 18.2. The summed E-state index contributed by atoms with van der Waals surface area (Å²) < 4.78 is 7.23. The largest absolute Gasteiger partial charge is 0.467 e. The molecule has 1 unspecified atom stereocenters. The summed E-state index contributed by atoms with van der Waals surface area (Å²) >= 11 is 0. The summed E-state index contributed by atoms with van der Waals surface area (Å²) in [7, 11) is 1.62. The minimum absolute atomic E-state index is 0.112. The molecule has 0 saturated heterocycles. The van der Waals surface area contributed by atoms with Crippen LogP contribution in [0.25, 0.3) is 0 Å². The molecule has 5 heteroatoms. The average molecular weight is 196 g/mol. The smallest absolute Gasteiger partial charge is 0.316 e. The second-order valence-corrected chi connectivity index (χ2v) is 3.89. The number of aromatic nitrogens is 3. The van der Waals surface area contributed by atoms with E-state index in [2.05, 4.69) is 14.8 Å². The number of ether oxygens (including phenoxy) is 1. The Hall–Kier alpha value is -1.10. The van der Waals surface area contributed by atoms with Crippen LogP contribution < -0.4 is 10.5 Å². The monoisotopic (exact) mass is 196 g/mol. The van der Waals surface area contributed by atoms with Gasteiger partial charge < -0.3 is 10.5 Å². The van der Waals surface area contributed by atoms with Crippen molar-refractivity contribution in [3.8, 4) is 6.01 Å². The average Bonchev–Trinajstić information content (AvgIpc) is 2.88. The lowest BCUT2D eigenvalue weighted by Gasteiger charge is -2.08. The summed E-state index contributed by atoms with van der Waals surface area (Å²) in [6.45, 7) is 1.97. The van der Waals surface area contributed by atoms with Crippen LogP contribution >= 0.6 is 0 Å². The van der Waals surface area contributed by atoms with Gasteiger partial charge in [-0.15, -0.1) is 5.10 Å². The van der Waals surface area contributed by atoms with Crippen LogP contribution in [0, 0.1) is 0 Å². The Balaban J connectivity index is 2.25.